The molecule has 0 N–H and O–H groups in total. The third-order valence-corrected chi connectivity index (χ3v) is 7.90. The molecule has 0 bridgehead atoms. The number of allylic oxidation sites excluding steroid dienone is 1. The fourth-order valence-electron chi connectivity index (χ4n) is 5.17. The Morgan fingerprint density at radius 3 is 2.58 bits per heavy atom. The predicted octanol–water partition coefficient (Wildman–Crippen LogP) is 4.42. The highest BCUT2D eigenvalue weighted by Gasteiger charge is 2.42. The number of piperidine rings is 1. The molecule has 0 aliphatic carbocycles. The van der Waals surface area contributed by atoms with Gasteiger partial charge in [-0.15, -0.1) is 0 Å². The Hall–Kier alpha value is -3.47. The molecule has 3 heterocycles. The van der Waals surface area contributed by atoms with E-state index in [1.807, 2.05) is 22.4 Å². The second-order valence-corrected chi connectivity index (χ2v) is 10.9. The van der Waals surface area contributed by atoms with Gasteiger partial charge in [0.05, 0.1) is 56.6 Å². The Bertz CT molecular complexity index is 1260. The summed E-state index contributed by atoms with van der Waals surface area (Å²) >= 11 is 1.41. The standard InChI is InChI=1S/C29H37N3O7S/c1-7-38-27(34)20-9-8-12-31(15-20)24(33)14-21-16-40-29-30-18(4)25(28(35)39-17(2)3)26(32(21)29)19-10-11-22(36-5)23(13-19)37-6/h10-11,13,16-17,20,26H,7-9,12,14-15H2,1-6H3/t20-,26+/m0/s1. The molecule has 216 valence electrons. The van der Waals surface area contributed by atoms with Crippen molar-refractivity contribution >= 4 is 34.8 Å². The van der Waals surface area contributed by atoms with Crippen LogP contribution in [0.25, 0.3) is 0 Å². The van der Waals surface area contributed by atoms with Crippen LogP contribution in [0.3, 0.4) is 0 Å². The molecule has 0 spiro atoms. The van der Waals surface area contributed by atoms with Crippen molar-refractivity contribution in [2.75, 3.05) is 33.9 Å². The molecular formula is C29H37N3O7S. The van der Waals surface area contributed by atoms with Gasteiger partial charge in [-0.25, -0.2) is 9.79 Å². The van der Waals surface area contributed by atoms with Gasteiger partial charge in [-0.3, -0.25) is 9.59 Å². The average Bonchev–Trinajstić information content (AvgIpc) is 3.33. The molecule has 10 nitrogen and oxygen atoms in total. The molecule has 0 aromatic heterocycles. The number of benzene rings is 1. The largest absolute Gasteiger partial charge is 0.493 e. The van der Waals surface area contributed by atoms with E-state index in [-0.39, 0.29) is 30.3 Å². The zero-order chi connectivity index (χ0) is 29.0. The Labute approximate surface area is 239 Å². The van der Waals surface area contributed by atoms with Gasteiger partial charge in [0.15, 0.2) is 16.7 Å². The normalized spacial score (nSPS) is 20.6. The van der Waals surface area contributed by atoms with Crippen LogP contribution in [0.1, 0.15) is 58.6 Å². The van der Waals surface area contributed by atoms with E-state index < -0.39 is 12.0 Å². The summed E-state index contributed by atoms with van der Waals surface area (Å²) in [4.78, 5) is 47.7. The summed E-state index contributed by atoms with van der Waals surface area (Å²) in [5, 5.41) is 2.57. The van der Waals surface area contributed by atoms with Gasteiger partial charge in [-0.1, -0.05) is 17.8 Å². The first-order valence-electron chi connectivity index (χ1n) is 13.5. The summed E-state index contributed by atoms with van der Waals surface area (Å²) in [5.41, 5.74) is 2.43. The fourth-order valence-corrected chi connectivity index (χ4v) is 6.13. The number of carbonyl (C=O) groups excluding carboxylic acids is 3. The first kappa shape index (κ1) is 29.5. The fraction of sp³-hybridized carbons (Fsp3) is 0.517. The molecule has 3 aliphatic rings. The van der Waals surface area contributed by atoms with Crippen LogP contribution in [-0.2, 0) is 23.9 Å². The maximum absolute atomic E-state index is 13.5. The molecule has 1 amide bonds. The molecule has 40 heavy (non-hydrogen) atoms. The number of thioether (sulfide) groups is 1. The van der Waals surface area contributed by atoms with Crippen LogP contribution in [0.4, 0.5) is 0 Å². The SMILES string of the molecule is CCOC(=O)[C@H]1CCCN(C(=O)CC2=CSC3=NC(C)=C(C(=O)OC(C)C)[C@@H](c4ccc(OC)c(OC)c4)N23)C1. The number of ether oxygens (including phenoxy) is 4. The minimum atomic E-state index is -0.596. The van der Waals surface area contributed by atoms with Crippen LogP contribution in [0, 0.1) is 5.92 Å². The lowest BCUT2D eigenvalue weighted by Crippen LogP contribution is -2.44. The van der Waals surface area contributed by atoms with Crippen LogP contribution < -0.4 is 9.47 Å². The van der Waals surface area contributed by atoms with Crippen molar-refractivity contribution in [3.05, 3.63) is 46.1 Å². The highest BCUT2D eigenvalue weighted by atomic mass is 32.2. The third kappa shape index (κ3) is 6.14. The Kier molecular flexibility index (Phi) is 9.44. The number of esters is 2. The highest BCUT2D eigenvalue weighted by molar-refractivity contribution is 8.16. The highest BCUT2D eigenvalue weighted by Crippen LogP contribution is 2.46. The minimum absolute atomic E-state index is 0.0919. The lowest BCUT2D eigenvalue weighted by Gasteiger charge is -2.37. The molecule has 1 saturated heterocycles. The number of amides is 1. The maximum Gasteiger partial charge on any atom is 0.338 e. The van der Waals surface area contributed by atoms with E-state index in [4.69, 9.17) is 23.9 Å². The molecule has 0 saturated carbocycles. The Morgan fingerprint density at radius 1 is 1.15 bits per heavy atom. The number of hydrogen-bond acceptors (Lipinski definition) is 10. The summed E-state index contributed by atoms with van der Waals surface area (Å²) in [5.74, 6) is -0.0598. The minimum Gasteiger partial charge on any atom is -0.493 e. The summed E-state index contributed by atoms with van der Waals surface area (Å²) in [6.45, 7) is 8.41. The molecular weight excluding hydrogens is 534 g/mol. The number of nitrogens with zero attached hydrogens (tertiary/aromatic N) is 3. The van der Waals surface area contributed by atoms with Gasteiger partial charge in [0.2, 0.25) is 5.91 Å². The molecule has 0 radical (unpaired) electrons. The lowest BCUT2D eigenvalue weighted by molar-refractivity contribution is -0.151. The number of likely N-dealkylation sites (tertiary alicyclic amines) is 1. The number of rotatable bonds is 9. The summed E-state index contributed by atoms with van der Waals surface area (Å²) < 4.78 is 21.8. The number of carbonyl (C=O) groups is 3. The van der Waals surface area contributed by atoms with E-state index in [0.29, 0.717) is 59.8 Å². The lowest BCUT2D eigenvalue weighted by atomic mass is 9.93. The van der Waals surface area contributed by atoms with Gasteiger partial charge in [-0.2, -0.15) is 0 Å². The summed E-state index contributed by atoms with van der Waals surface area (Å²) in [6.07, 6.45) is 1.22. The van der Waals surface area contributed by atoms with Gasteiger partial charge in [0.25, 0.3) is 0 Å². The second kappa shape index (κ2) is 12.8. The quantitative estimate of drug-likeness (QED) is 0.398. The first-order chi connectivity index (χ1) is 19.2. The summed E-state index contributed by atoms with van der Waals surface area (Å²) in [6, 6.07) is 4.91. The van der Waals surface area contributed by atoms with Crippen molar-refractivity contribution in [1.29, 1.82) is 0 Å². The molecule has 1 aromatic rings. The predicted molar refractivity (Wildman–Crippen MR) is 152 cm³/mol. The van der Waals surface area contributed by atoms with Gasteiger partial charge in [-0.05, 0) is 63.6 Å². The monoisotopic (exact) mass is 571 g/mol. The Balaban J connectivity index is 1.66. The molecule has 11 heteroatoms. The molecule has 1 fully saturated rings. The maximum atomic E-state index is 13.5. The van der Waals surface area contributed by atoms with Crippen LogP contribution in [-0.4, -0.2) is 72.8 Å². The number of hydrogen-bond donors (Lipinski definition) is 0. The van der Waals surface area contributed by atoms with Crippen molar-refractivity contribution < 1.29 is 33.3 Å². The molecule has 0 unspecified atom stereocenters. The van der Waals surface area contributed by atoms with E-state index >= 15 is 0 Å². The van der Waals surface area contributed by atoms with E-state index in [1.165, 1.54) is 11.8 Å². The van der Waals surface area contributed by atoms with Gasteiger partial charge >= 0.3 is 11.9 Å². The number of fused-ring (bicyclic) bond motifs is 1. The van der Waals surface area contributed by atoms with Crippen LogP contribution in [0.5, 0.6) is 11.5 Å². The number of methoxy groups -OCH3 is 2. The van der Waals surface area contributed by atoms with E-state index in [1.54, 1.807) is 52.9 Å². The molecule has 1 aromatic carbocycles. The van der Waals surface area contributed by atoms with Crippen LogP contribution >= 0.6 is 11.8 Å². The zero-order valence-corrected chi connectivity index (χ0v) is 24.7. The number of amidine groups is 1. The van der Waals surface area contributed by atoms with Crippen LogP contribution in [0.2, 0.25) is 0 Å². The number of aliphatic imine (C=N–C) groups is 1. The van der Waals surface area contributed by atoms with Gasteiger partial charge in [0, 0.05) is 18.8 Å². The van der Waals surface area contributed by atoms with Crippen molar-refractivity contribution in [2.24, 2.45) is 10.9 Å². The van der Waals surface area contributed by atoms with E-state index in [0.717, 1.165) is 12.0 Å². The van der Waals surface area contributed by atoms with Gasteiger partial charge < -0.3 is 28.7 Å². The van der Waals surface area contributed by atoms with Crippen molar-refractivity contribution in [1.82, 2.24) is 9.80 Å². The second-order valence-electron chi connectivity index (χ2n) is 10.1. The van der Waals surface area contributed by atoms with Crippen molar-refractivity contribution in [3.8, 4) is 11.5 Å². The Morgan fingerprint density at radius 2 is 1.90 bits per heavy atom. The molecule has 2 atom stereocenters. The molecule has 4 rings (SSSR count). The van der Waals surface area contributed by atoms with Crippen molar-refractivity contribution in [2.45, 2.75) is 59.1 Å². The van der Waals surface area contributed by atoms with Crippen LogP contribution in [0.15, 0.2) is 45.6 Å². The smallest absolute Gasteiger partial charge is 0.338 e. The summed E-state index contributed by atoms with van der Waals surface area (Å²) in [7, 11) is 3.12. The third-order valence-electron chi connectivity index (χ3n) is 7.01. The average molecular weight is 572 g/mol. The zero-order valence-electron chi connectivity index (χ0n) is 23.9. The first-order valence-corrected chi connectivity index (χ1v) is 14.4. The van der Waals surface area contributed by atoms with Gasteiger partial charge in [0.1, 0.15) is 0 Å². The van der Waals surface area contributed by atoms with Crippen molar-refractivity contribution in [3.63, 3.8) is 0 Å². The topological polar surface area (TPSA) is 107 Å². The molecule has 3 aliphatic heterocycles. The van der Waals surface area contributed by atoms with E-state index in [2.05, 4.69) is 0 Å². The van der Waals surface area contributed by atoms with E-state index in [9.17, 15) is 14.4 Å².